The Morgan fingerprint density at radius 3 is 2.35 bits per heavy atom. The molecule has 2 rings (SSSR count). The zero-order chi connectivity index (χ0) is 13.1. The van der Waals surface area contributed by atoms with Crippen LogP contribution in [0.5, 0.6) is 0 Å². The first-order chi connectivity index (χ1) is 7.82. The van der Waals surface area contributed by atoms with Crippen LogP contribution in [0.1, 0.15) is 0 Å². The summed E-state index contributed by atoms with van der Waals surface area (Å²) >= 11 is 0. The highest BCUT2D eigenvalue weighted by Gasteiger charge is 2.28. The molecule has 0 spiro atoms. The number of alkyl halides is 3. The lowest BCUT2D eigenvalue weighted by Gasteiger charge is -2.03. The lowest BCUT2D eigenvalue weighted by atomic mass is 10.2. The number of benzene rings is 1. The highest BCUT2D eigenvalue weighted by Crippen LogP contribution is 2.16. The molecule has 92 valence electrons. The number of carbonyl (C=O) groups is 1. The van der Waals surface area contributed by atoms with Crippen molar-refractivity contribution in [3.8, 4) is 0 Å². The zero-order valence-electron chi connectivity index (χ0n) is 8.54. The number of carboxylic acid groups (broad SMARTS) is 1. The number of aliphatic carboxylic acids is 1. The number of carboxylic acids is 1. The molecule has 0 saturated carbocycles. The van der Waals surface area contributed by atoms with E-state index >= 15 is 0 Å². The molecule has 0 saturated heterocycles. The van der Waals surface area contributed by atoms with Crippen LogP contribution in [0.15, 0.2) is 30.5 Å². The predicted molar refractivity (Wildman–Crippen MR) is 51.9 cm³/mol. The lowest BCUT2D eigenvalue weighted by Crippen LogP contribution is -2.40. The number of hydrogen-bond donors (Lipinski definition) is 2. The molecule has 0 amide bonds. The third kappa shape index (κ3) is 3.49. The number of aromatic nitrogens is 1. The van der Waals surface area contributed by atoms with E-state index in [0.717, 1.165) is 11.2 Å². The minimum atomic E-state index is -5.19. The van der Waals surface area contributed by atoms with Gasteiger partial charge >= 0.3 is 6.18 Å². The summed E-state index contributed by atoms with van der Waals surface area (Å²) in [6.45, 7) is 0. The SMILES string of the molecule is O=C([O-])C(F)(F)F.[NH3+]c1cccc2[nH]ccc12. The number of halogens is 3. The number of carbonyl (C=O) groups excluding carboxylic acids is 1. The minimum Gasteiger partial charge on any atom is -0.542 e. The van der Waals surface area contributed by atoms with Gasteiger partial charge in [0.25, 0.3) is 0 Å². The molecule has 0 aliphatic rings. The van der Waals surface area contributed by atoms with Crippen LogP contribution in [0.3, 0.4) is 0 Å². The van der Waals surface area contributed by atoms with Gasteiger partial charge in [-0.25, -0.2) is 0 Å². The smallest absolute Gasteiger partial charge is 0.430 e. The van der Waals surface area contributed by atoms with Crippen molar-refractivity contribution in [2.75, 3.05) is 0 Å². The summed E-state index contributed by atoms with van der Waals surface area (Å²) in [5.41, 5.74) is 6.14. The van der Waals surface area contributed by atoms with Crippen LogP contribution in [-0.4, -0.2) is 17.1 Å². The molecule has 7 heteroatoms. The highest BCUT2D eigenvalue weighted by molar-refractivity contribution is 5.87. The monoisotopic (exact) mass is 246 g/mol. The summed E-state index contributed by atoms with van der Waals surface area (Å²) in [4.78, 5) is 11.9. The maximum absolute atomic E-state index is 10.5. The Kier molecular flexibility index (Phi) is 3.74. The summed E-state index contributed by atoms with van der Waals surface area (Å²) < 4.78 is 31.5. The number of H-pyrrole nitrogens is 1. The van der Waals surface area contributed by atoms with Gasteiger partial charge in [-0.05, 0) is 18.2 Å². The molecule has 1 aromatic carbocycles. The molecule has 2 aromatic rings. The van der Waals surface area contributed by atoms with Gasteiger partial charge in [-0.2, -0.15) is 13.2 Å². The largest absolute Gasteiger partial charge is 0.542 e. The molecule has 0 unspecified atom stereocenters. The Balaban J connectivity index is 0.000000185. The fourth-order valence-electron chi connectivity index (χ4n) is 1.15. The number of nitrogens with one attached hydrogen (secondary N) is 1. The highest BCUT2D eigenvalue weighted by atomic mass is 19.4. The first-order valence-electron chi connectivity index (χ1n) is 4.48. The van der Waals surface area contributed by atoms with Gasteiger partial charge < -0.3 is 20.6 Å². The molecule has 4 nitrogen and oxygen atoms in total. The van der Waals surface area contributed by atoms with Crippen LogP contribution in [0.25, 0.3) is 10.9 Å². The molecule has 17 heavy (non-hydrogen) atoms. The van der Waals surface area contributed by atoms with E-state index in [1.165, 1.54) is 5.39 Å². The van der Waals surface area contributed by atoms with Gasteiger partial charge in [-0.1, -0.05) is 6.07 Å². The van der Waals surface area contributed by atoms with Gasteiger partial charge in [-0.15, -0.1) is 0 Å². The third-order valence-electron chi connectivity index (χ3n) is 1.92. The molecular formula is C10H9F3N2O2. The second-order valence-corrected chi connectivity index (χ2v) is 3.14. The second-order valence-electron chi connectivity index (χ2n) is 3.14. The molecule has 0 radical (unpaired) electrons. The summed E-state index contributed by atoms with van der Waals surface area (Å²) in [7, 11) is 0. The van der Waals surface area contributed by atoms with Gasteiger partial charge in [0.05, 0.1) is 10.9 Å². The molecule has 0 aliphatic heterocycles. The maximum Gasteiger partial charge on any atom is 0.430 e. The topological polar surface area (TPSA) is 83.6 Å². The standard InChI is InChI=1S/C8H8N2.C2HF3O2/c9-7-2-1-3-8-6(7)4-5-10-8;3-2(4,5)1(6)7/h1-5,10H,9H2;(H,6,7). The van der Waals surface area contributed by atoms with E-state index in [0.29, 0.717) is 0 Å². The fraction of sp³-hybridized carbons (Fsp3) is 0.100. The quantitative estimate of drug-likeness (QED) is 0.702. The van der Waals surface area contributed by atoms with Crippen LogP contribution in [0.2, 0.25) is 0 Å². The number of fused-ring (bicyclic) bond motifs is 1. The molecular weight excluding hydrogens is 237 g/mol. The van der Waals surface area contributed by atoms with Crippen LogP contribution in [0, 0.1) is 0 Å². The second kappa shape index (κ2) is 4.88. The molecule has 1 aromatic heterocycles. The van der Waals surface area contributed by atoms with Gasteiger partial charge in [-0.3, -0.25) is 0 Å². The lowest BCUT2D eigenvalue weighted by molar-refractivity contribution is -0.344. The Bertz CT molecular complexity index is 519. The van der Waals surface area contributed by atoms with Crippen molar-refractivity contribution in [3.05, 3.63) is 30.5 Å². The van der Waals surface area contributed by atoms with Crippen molar-refractivity contribution in [1.82, 2.24) is 4.98 Å². The third-order valence-corrected chi connectivity index (χ3v) is 1.92. The van der Waals surface area contributed by atoms with Crippen LogP contribution >= 0.6 is 0 Å². The van der Waals surface area contributed by atoms with Crippen LogP contribution in [0.4, 0.5) is 18.9 Å². The first-order valence-corrected chi connectivity index (χ1v) is 4.48. The number of rotatable bonds is 0. The Morgan fingerprint density at radius 2 is 1.88 bits per heavy atom. The van der Waals surface area contributed by atoms with Gasteiger partial charge in [0.2, 0.25) is 0 Å². The minimum absolute atomic E-state index is 1.08. The van der Waals surface area contributed by atoms with Crippen molar-refractivity contribution in [2.45, 2.75) is 6.18 Å². The Morgan fingerprint density at radius 1 is 1.29 bits per heavy atom. The fourth-order valence-corrected chi connectivity index (χ4v) is 1.15. The van der Waals surface area contributed by atoms with E-state index in [4.69, 9.17) is 9.90 Å². The molecule has 0 aliphatic carbocycles. The normalized spacial score (nSPS) is 10.8. The zero-order valence-corrected chi connectivity index (χ0v) is 8.54. The maximum atomic E-state index is 10.5. The Hall–Kier alpha value is -2.02. The van der Waals surface area contributed by atoms with Crippen molar-refractivity contribution >= 4 is 22.6 Å². The molecule has 1 heterocycles. The predicted octanol–water partition coefficient (Wildman–Crippen LogP) is 0.340. The van der Waals surface area contributed by atoms with E-state index in [1.807, 2.05) is 30.5 Å². The Labute approximate surface area is 93.9 Å². The molecule has 4 N–H and O–H groups in total. The number of aromatic amines is 1. The van der Waals surface area contributed by atoms with Crippen molar-refractivity contribution in [1.29, 1.82) is 0 Å². The molecule has 0 bridgehead atoms. The van der Waals surface area contributed by atoms with Crippen molar-refractivity contribution in [3.63, 3.8) is 0 Å². The van der Waals surface area contributed by atoms with Crippen LogP contribution < -0.4 is 10.8 Å². The summed E-state index contributed by atoms with van der Waals surface area (Å²) in [6, 6.07) is 8.10. The molecule has 0 fully saturated rings. The van der Waals surface area contributed by atoms with Crippen molar-refractivity contribution in [2.24, 2.45) is 0 Å². The molecule has 0 atom stereocenters. The van der Waals surface area contributed by atoms with E-state index in [2.05, 4.69) is 10.7 Å². The average molecular weight is 246 g/mol. The van der Waals surface area contributed by atoms with E-state index < -0.39 is 12.1 Å². The van der Waals surface area contributed by atoms with Crippen molar-refractivity contribution < 1.29 is 28.8 Å². The van der Waals surface area contributed by atoms with E-state index in [-0.39, 0.29) is 0 Å². The van der Waals surface area contributed by atoms with Gasteiger partial charge in [0.15, 0.2) is 0 Å². The number of hydrogen-bond acceptors (Lipinski definition) is 2. The first kappa shape index (κ1) is 13.0. The summed E-state index contributed by atoms with van der Waals surface area (Å²) in [5, 5.41) is 10.00. The van der Waals surface area contributed by atoms with Gasteiger partial charge in [0, 0.05) is 6.20 Å². The van der Waals surface area contributed by atoms with Crippen LogP contribution in [-0.2, 0) is 4.79 Å². The van der Waals surface area contributed by atoms with Gasteiger partial charge in [0.1, 0.15) is 11.7 Å². The average Bonchev–Trinajstić information content (AvgIpc) is 2.66. The number of quaternary nitrogens is 1. The van der Waals surface area contributed by atoms with E-state index in [9.17, 15) is 13.2 Å². The summed E-state index contributed by atoms with van der Waals surface area (Å²) in [5.74, 6) is -3.01. The summed E-state index contributed by atoms with van der Waals surface area (Å²) in [6.07, 6.45) is -3.26. The van der Waals surface area contributed by atoms with E-state index in [1.54, 1.807) is 0 Å².